The van der Waals surface area contributed by atoms with Crippen LogP contribution < -0.4 is 20.9 Å². The van der Waals surface area contributed by atoms with Gasteiger partial charge in [0.05, 0.1) is 11.6 Å². The molecule has 1 heterocycles. The third-order valence-corrected chi connectivity index (χ3v) is 6.30. The zero-order chi connectivity index (χ0) is 23.4. The summed E-state index contributed by atoms with van der Waals surface area (Å²) in [6.45, 7) is 9.35. The van der Waals surface area contributed by atoms with Crippen molar-refractivity contribution in [2.45, 2.75) is 71.4 Å². The Labute approximate surface area is 211 Å². The van der Waals surface area contributed by atoms with Crippen LogP contribution in [0.15, 0.2) is 22.8 Å². The number of halogens is 2. The quantitative estimate of drug-likeness (QED) is 0.380. The van der Waals surface area contributed by atoms with Crippen molar-refractivity contribution in [3.05, 3.63) is 35.1 Å². The van der Waals surface area contributed by atoms with Gasteiger partial charge in [-0.1, -0.05) is 26.0 Å². The first kappa shape index (κ1) is 27.9. The highest BCUT2D eigenvalue weighted by atomic mass is 35.5. The van der Waals surface area contributed by atoms with Gasteiger partial charge in [-0.15, -0.1) is 24.8 Å². The van der Waals surface area contributed by atoms with E-state index in [1.807, 2.05) is 13.0 Å². The SMILES string of the molecule is Cc1coc2c1c(OC(=O)C(C)N)c(OC(=O)C(C)N)c1c3c(ccc12)C(C)(C)CCC3.Cl.Cl. The van der Waals surface area contributed by atoms with Crippen LogP contribution >= 0.6 is 24.8 Å². The van der Waals surface area contributed by atoms with Crippen LogP contribution in [-0.4, -0.2) is 24.0 Å². The molecule has 1 aliphatic rings. The molecule has 0 bridgehead atoms. The van der Waals surface area contributed by atoms with E-state index in [0.29, 0.717) is 11.0 Å². The molecule has 2 atom stereocenters. The van der Waals surface area contributed by atoms with E-state index in [1.54, 1.807) is 20.1 Å². The molecule has 0 saturated heterocycles. The fraction of sp³-hybridized carbons (Fsp3) is 0.440. The molecule has 0 saturated carbocycles. The van der Waals surface area contributed by atoms with Gasteiger partial charge in [0.25, 0.3) is 0 Å². The number of carbonyl (C=O) groups excluding carboxylic acids is 2. The van der Waals surface area contributed by atoms with Gasteiger partial charge >= 0.3 is 11.9 Å². The normalized spacial score (nSPS) is 16.1. The molecule has 186 valence electrons. The van der Waals surface area contributed by atoms with Crippen LogP contribution in [0, 0.1) is 6.92 Å². The average molecular weight is 511 g/mol. The van der Waals surface area contributed by atoms with Crippen LogP contribution in [0.4, 0.5) is 0 Å². The highest BCUT2D eigenvalue weighted by Crippen LogP contribution is 2.50. The van der Waals surface area contributed by atoms with E-state index in [2.05, 4.69) is 19.9 Å². The molecule has 3 aromatic rings. The zero-order valence-electron chi connectivity index (χ0n) is 20.0. The maximum atomic E-state index is 12.6. The Hall–Kier alpha value is -2.32. The second kappa shape index (κ2) is 10.1. The van der Waals surface area contributed by atoms with Crippen LogP contribution in [0.25, 0.3) is 21.7 Å². The molecule has 1 aliphatic carbocycles. The van der Waals surface area contributed by atoms with Gasteiger partial charge in [0.1, 0.15) is 17.7 Å². The maximum absolute atomic E-state index is 12.6. The summed E-state index contributed by atoms with van der Waals surface area (Å²) >= 11 is 0. The van der Waals surface area contributed by atoms with E-state index in [9.17, 15) is 9.59 Å². The standard InChI is InChI=1S/C25H30N2O5.2ClH/c1-12-11-30-20-16-8-9-17-15(7-6-10-25(17,4)5)19(16)22(32-24(29)14(3)27)21(18(12)20)31-23(28)13(2)26;;/h8-9,11,13-14H,6-7,10,26-27H2,1-5H3;2*1H. The van der Waals surface area contributed by atoms with Gasteiger partial charge < -0.3 is 25.4 Å². The van der Waals surface area contributed by atoms with Crippen molar-refractivity contribution in [3.63, 3.8) is 0 Å². The van der Waals surface area contributed by atoms with Gasteiger partial charge in [-0.25, -0.2) is 9.59 Å². The minimum atomic E-state index is -0.853. The number of hydrogen-bond donors (Lipinski definition) is 2. The number of benzene rings is 2. The van der Waals surface area contributed by atoms with Crippen LogP contribution in [0.5, 0.6) is 11.5 Å². The van der Waals surface area contributed by atoms with E-state index >= 15 is 0 Å². The molecule has 4 N–H and O–H groups in total. The Morgan fingerprint density at radius 1 is 1.00 bits per heavy atom. The van der Waals surface area contributed by atoms with E-state index in [0.717, 1.165) is 41.2 Å². The monoisotopic (exact) mass is 510 g/mol. The molecule has 4 rings (SSSR count). The van der Waals surface area contributed by atoms with Crippen LogP contribution in [0.3, 0.4) is 0 Å². The lowest BCUT2D eigenvalue weighted by molar-refractivity contribution is -0.138. The summed E-state index contributed by atoms with van der Waals surface area (Å²) in [6, 6.07) is 2.42. The molecule has 34 heavy (non-hydrogen) atoms. The lowest BCUT2D eigenvalue weighted by Crippen LogP contribution is -2.33. The second-order valence-electron chi connectivity index (χ2n) is 9.45. The lowest BCUT2D eigenvalue weighted by atomic mass is 9.71. The van der Waals surface area contributed by atoms with Gasteiger partial charge in [0.15, 0.2) is 11.5 Å². The predicted molar refractivity (Wildman–Crippen MR) is 137 cm³/mol. The third kappa shape index (κ3) is 4.62. The van der Waals surface area contributed by atoms with Crippen molar-refractivity contribution in [1.29, 1.82) is 0 Å². The minimum Gasteiger partial charge on any atom is -0.463 e. The Kier molecular flexibility index (Phi) is 8.31. The first-order chi connectivity index (χ1) is 15.0. The van der Waals surface area contributed by atoms with Gasteiger partial charge in [0.2, 0.25) is 0 Å². The van der Waals surface area contributed by atoms with Crippen molar-refractivity contribution < 1.29 is 23.5 Å². The lowest BCUT2D eigenvalue weighted by Gasteiger charge is -2.33. The molecule has 0 aliphatic heterocycles. The summed E-state index contributed by atoms with van der Waals surface area (Å²) < 4.78 is 17.5. The van der Waals surface area contributed by atoms with E-state index < -0.39 is 24.0 Å². The number of fused-ring (bicyclic) bond motifs is 5. The molecule has 0 amide bonds. The molecule has 0 fully saturated rings. The average Bonchev–Trinajstić information content (AvgIpc) is 3.10. The Morgan fingerprint density at radius 2 is 1.56 bits per heavy atom. The Bertz CT molecular complexity index is 1250. The summed E-state index contributed by atoms with van der Waals surface area (Å²) in [5.41, 5.74) is 15.1. The number of carbonyl (C=O) groups is 2. The first-order valence-corrected chi connectivity index (χ1v) is 11.0. The Balaban J connectivity index is 0.00000204. The zero-order valence-corrected chi connectivity index (χ0v) is 21.7. The molecular formula is C25H32Cl2N2O5. The molecular weight excluding hydrogens is 479 g/mol. The first-order valence-electron chi connectivity index (χ1n) is 11.0. The number of ether oxygens (including phenoxy) is 2. The number of furan rings is 1. The van der Waals surface area contributed by atoms with Crippen molar-refractivity contribution in [2.24, 2.45) is 11.5 Å². The molecule has 0 spiro atoms. The van der Waals surface area contributed by atoms with E-state index in [1.165, 1.54) is 5.56 Å². The minimum absolute atomic E-state index is 0. The summed E-state index contributed by atoms with van der Waals surface area (Å²) in [5.74, 6) is -0.901. The predicted octanol–water partition coefficient (Wildman–Crippen LogP) is 4.86. The number of aryl methyl sites for hydroxylation is 2. The molecule has 1 aromatic heterocycles. The molecule has 2 unspecified atom stereocenters. The topological polar surface area (TPSA) is 118 Å². The van der Waals surface area contributed by atoms with Gasteiger partial charge in [-0.05, 0) is 62.1 Å². The maximum Gasteiger partial charge on any atom is 0.328 e. The highest BCUT2D eigenvalue weighted by molar-refractivity contribution is 6.15. The fourth-order valence-electron chi connectivity index (χ4n) is 4.57. The number of nitrogens with two attached hydrogens (primary N) is 2. The number of hydrogen-bond acceptors (Lipinski definition) is 7. The largest absolute Gasteiger partial charge is 0.463 e. The molecule has 9 heteroatoms. The van der Waals surface area contributed by atoms with Crippen molar-refractivity contribution in [1.82, 2.24) is 0 Å². The molecule has 7 nitrogen and oxygen atoms in total. The van der Waals surface area contributed by atoms with Crippen molar-refractivity contribution in [3.8, 4) is 11.5 Å². The van der Waals surface area contributed by atoms with Gasteiger partial charge in [-0.2, -0.15) is 0 Å². The fourth-order valence-corrected chi connectivity index (χ4v) is 4.57. The summed E-state index contributed by atoms with van der Waals surface area (Å²) in [6.07, 6.45) is 4.46. The summed E-state index contributed by atoms with van der Waals surface area (Å²) in [4.78, 5) is 25.2. The van der Waals surface area contributed by atoms with Crippen molar-refractivity contribution >= 4 is 58.5 Å². The summed E-state index contributed by atoms with van der Waals surface area (Å²) in [7, 11) is 0. The van der Waals surface area contributed by atoms with Gasteiger partial charge in [0, 0.05) is 10.8 Å². The highest BCUT2D eigenvalue weighted by Gasteiger charge is 2.33. The van der Waals surface area contributed by atoms with E-state index in [-0.39, 0.29) is 41.7 Å². The van der Waals surface area contributed by atoms with Gasteiger partial charge in [-0.3, -0.25) is 0 Å². The van der Waals surface area contributed by atoms with Crippen LogP contribution in [0.2, 0.25) is 0 Å². The second-order valence-corrected chi connectivity index (χ2v) is 9.45. The van der Waals surface area contributed by atoms with Crippen LogP contribution in [0.1, 0.15) is 57.2 Å². The molecule has 0 radical (unpaired) electrons. The number of esters is 2. The number of rotatable bonds is 4. The Morgan fingerprint density at radius 3 is 2.12 bits per heavy atom. The summed E-state index contributed by atoms with van der Waals surface area (Å²) in [5, 5.41) is 2.10. The molecule has 2 aromatic carbocycles. The smallest absolute Gasteiger partial charge is 0.328 e. The van der Waals surface area contributed by atoms with Crippen LogP contribution in [-0.2, 0) is 21.4 Å². The van der Waals surface area contributed by atoms with Crippen molar-refractivity contribution in [2.75, 3.05) is 0 Å². The van der Waals surface area contributed by atoms with E-state index in [4.69, 9.17) is 25.4 Å². The third-order valence-electron chi connectivity index (χ3n) is 6.30.